The summed E-state index contributed by atoms with van der Waals surface area (Å²) >= 11 is 9.40. The molecule has 23 heteroatoms. The van der Waals surface area contributed by atoms with Gasteiger partial charge in [-0.15, -0.1) is 0 Å². The van der Waals surface area contributed by atoms with E-state index in [1.54, 1.807) is 6.07 Å². The van der Waals surface area contributed by atoms with Crippen molar-refractivity contribution in [2.45, 2.75) is 42.5 Å². The fourth-order valence-corrected chi connectivity index (χ4v) is 8.32. The highest BCUT2D eigenvalue weighted by molar-refractivity contribution is 8.44. The molecule has 4 aromatic rings. The molecule has 0 saturated carbocycles. The third-order valence-electron chi connectivity index (χ3n) is 7.51. The first-order valence-corrected chi connectivity index (χ1v) is 18.2. The molecule has 0 amide bonds. The number of hydrogen-bond donors (Lipinski definition) is 6. The number of nitrogen functional groups attached to an aromatic ring is 2. The first kappa shape index (κ1) is 30.3. The second-order valence-electron chi connectivity index (χ2n) is 10.2. The summed E-state index contributed by atoms with van der Waals surface area (Å²) in [5.41, 5.74) is 10.6. The van der Waals surface area contributed by atoms with Crippen molar-refractivity contribution in [2.75, 3.05) is 31.3 Å². The minimum Gasteiger partial charge on any atom is -0.387 e. The van der Waals surface area contributed by atoms with Gasteiger partial charge in [0.1, 0.15) is 60.2 Å². The minimum absolute atomic E-state index is 0.102. The molecule has 2 bridgehead atoms. The highest BCUT2D eigenvalue weighted by Crippen LogP contribution is 2.58. The Bertz CT molecular complexity index is 1850. The van der Waals surface area contributed by atoms with Gasteiger partial charge >= 0.3 is 13.5 Å². The smallest absolute Gasteiger partial charge is 0.386 e. The molecule has 7 rings (SSSR count). The summed E-state index contributed by atoms with van der Waals surface area (Å²) in [6.45, 7) is -9.91. The van der Waals surface area contributed by atoms with Crippen LogP contribution in [0.2, 0.25) is 0 Å². The van der Waals surface area contributed by atoms with E-state index in [1.807, 2.05) is 0 Å². The zero-order valence-corrected chi connectivity index (χ0v) is 25.7. The fourth-order valence-electron chi connectivity index (χ4n) is 5.42. The number of aromatic nitrogens is 7. The Morgan fingerprint density at radius 2 is 1.77 bits per heavy atom. The summed E-state index contributed by atoms with van der Waals surface area (Å²) in [4.78, 5) is 31.5. The lowest BCUT2D eigenvalue weighted by atomic mass is 10.1. The number of anilines is 2. The largest absolute Gasteiger partial charge is 0.387 e. The summed E-state index contributed by atoms with van der Waals surface area (Å²) in [7, 11) is 0. The zero-order valence-electron chi connectivity index (χ0n) is 22.2. The van der Waals surface area contributed by atoms with E-state index in [1.165, 1.54) is 34.3 Å². The normalized spacial score (nSPS) is 38.3. The lowest BCUT2D eigenvalue weighted by Gasteiger charge is -2.33. The van der Waals surface area contributed by atoms with E-state index in [4.69, 9.17) is 50.8 Å². The number of aliphatic hydroxyl groups excluding tert-OH is 1. The summed E-state index contributed by atoms with van der Waals surface area (Å²) in [5.74, 6) is 0.269. The van der Waals surface area contributed by atoms with Crippen LogP contribution in [0.1, 0.15) is 6.23 Å². The number of rotatable bonds is 2. The van der Waals surface area contributed by atoms with E-state index in [0.717, 1.165) is 0 Å². The van der Waals surface area contributed by atoms with Gasteiger partial charge in [-0.2, -0.15) is 0 Å². The molecule has 7 heterocycles. The average Bonchev–Trinajstić information content (AvgIpc) is 3.73. The van der Waals surface area contributed by atoms with E-state index in [9.17, 15) is 19.7 Å². The SMILES string of the molecule is Nc1ncnc2c1ccn2[C@]1(O)CO[C@@H]2COP(O)(=S)O[C@@H]3[C@H](O)[C@@H](COP(=O)(S)O[C@H]21)O[C@H]3n1cnc2c(N)ncnc21. The maximum Gasteiger partial charge on any atom is 0.386 e. The van der Waals surface area contributed by atoms with E-state index >= 15 is 0 Å². The van der Waals surface area contributed by atoms with Crippen molar-refractivity contribution >= 4 is 71.4 Å². The van der Waals surface area contributed by atoms with Gasteiger partial charge in [-0.3, -0.25) is 22.7 Å². The molecular weight excluding hydrogens is 664 g/mol. The van der Waals surface area contributed by atoms with Gasteiger partial charge in [-0.05, 0) is 17.9 Å². The van der Waals surface area contributed by atoms with Crippen LogP contribution < -0.4 is 11.5 Å². The summed E-state index contributed by atoms with van der Waals surface area (Å²) in [6.07, 6.45) is -2.60. The third kappa shape index (κ3) is 5.11. The highest BCUT2D eigenvalue weighted by atomic mass is 32.7. The van der Waals surface area contributed by atoms with Gasteiger partial charge < -0.3 is 40.6 Å². The Hall–Kier alpha value is -2.36. The van der Waals surface area contributed by atoms with Crippen LogP contribution in [0.3, 0.4) is 0 Å². The van der Waals surface area contributed by atoms with E-state index in [0.29, 0.717) is 5.39 Å². The summed E-state index contributed by atoms with van der Waals surface area (Å²) in [6, 6.07) is 1.58. The molecule has 19 nitrogen and oxygen atoms in total. The van der Waals surface area contributed by atoms with Crippen molar-refractivity contribution in [1.29, 1.82) is 0 Å². The number of aliphatic hydroxyl groups is 2. The molecule has 7 N–H and O–H groups in total. The zero-order chi connectivity index (χ0) is 31.0. The van der Waals surface area contributed by atoms with Crippen LogP contribution in [-0.4, -0.2) is 99.5 Å². The molecule has 0 radical (unpaired) electrons. The van der Waals surface area contributed by atoms with Crippen LogP contribution >= 0.6 is 25.8 Å². The van der Waals surface area contributed by atoms with Gasteiger partial charge in [0.2, 0.25) is 0 Å². The molecule has 2 unspecified atom stereocenters. The quantitative estimate of drug-likeness (QED) is 0.118. The number of fused-ring (bicyclic) bond motifs is 5. The van der Waals surface area contributed by atoms with Crippen LogP contribution in [0, 0.1) is 0 Å². The van der Waals surface area contributed by atoms with E-state index < -0.39 is 75.8 Å². The summed E-state index contributed by atoms with van der Waals surface area (Å²) in [5, 5.41) is 23.5. The Balaban J connectivity index is 1.22. The second kappa shape index (κ2) is 10.9. The number of thiol groups is 1. The maximum atomic E-state index is 13.6. The van der Waals surface area contributed by atoms with Crippen molar-refractivity contribution in [3.63, 3.8) is 0 Å². The molecule has 4 aromatic heterocycles. The molecule has 0 aliphatic carbocycles. The molecule has 3 fully saturated rings. The Labute approximate surface area is 257 Å². The van der Waals surface area contributed by atoms with Crippen molar-refractivity contribution in [2.24, 2.45) is 0 Å². The third-order valence-corrected chi connectivity index (χ3v) is 10.7. The predicted molar refractivity (Wildman–Crippen MR) is 156 cm³/mol. The molecule has 0 aromatic carbocycles. The number of nitrogens with zero attached hydrogens (tertiary/aromatic N) is 7. The molecule has 0 spiro atoms. The van der Waals surface area contributed by atoms with Crippen molar-refractivity contribution in [3.05, 3.63) is 31.2 Å². The Kier molecular flexibility index (Phi) is 7.49. The number of hydrogen-bond acceptors (Lipinski definition) is 17. The van der Waals surface area contributed by atoms with Crippen molar-refractivity contribution in [1.82, 2.24) is 34.1 Å². The van der Waals surface area contributed by atoms with Gasteiger partial charge in [-0.25, -0.2) is 29.5 Å². The lowest BCUT2D eigenvalue weighted by Crippen LogP contribution is -2.48. The van der Waals surface area contributed by atoms with Crippen molar-refractivity contribution in [3.8, 4) is 0 Å². The highest BCUT2D eigenvalue weighted by Gasteiger charge is 2.56. The monoisotopic (exact) mass is 689 g/mol. The van der Waals surface area contributed by atoms with Crippen LogP contribution in [0.15, 0.2) is 31.2 Å². The van der Waals surface area contributed by atoms with Gasteiger partial charge in [-0.1, -0.05) is 12.2 Å². The first-order chi connectivity index (χ1) is 20.9. The maximum absolute atomic E-state index is 13.6. The molecule has 9 atom stereocenters. The Morgan fingerprint density at radius 3 is 2.57 bits per heavy atom. The van der Waals surface area contributed by atoms with Gasteiger partial charge in [0.05, 0.1) is 31.5 Å². The van der Waals surface area contributed by atoms with Gasteiger partial charge in [0.25, 0.3) is 0 Å². The number of ether oxygens (including phenoxy) is 2. The van der Waals surface area contributed by atoms with Crippen LogP contribution in [0.4, 0.5) is 11.6 Å². The molecule has 3 saturated heterocycles. The number of nitrogens with two attached hydrogens (primary N) is 2. The van der Waals surface area contributed by atoms with E-state index in [-0.39, 0.29) is 28.4 Å². The molecule has 44 heavy (non-hydrogen) atoms. The van der Waals surface area contributed by atoms with Crippen LogP contribution in [-0.2, 0) is 49.7 Å². The minimum atomic E-state index is -4.33. The fraction of sp³-hybridized carbons (Fsp3) is 0.476. The van der Waals surface area contributed by atoms with Gasteiger partial charge in [0, 0.05) is 6.20 Å². The lowest BCUT2D eigenvalue weighted by molar-refractivity contribution is -0.103. The molecule has 236 valence electrons. The van der Waals surface area contributed by atoms with Crippen LogP contribution in [0.5, 0.6) is 0 Å². The van der Waals surface area contributed by atoms with Crippen molar-refractivity contribution < 1.29 is 47.2 Å². The summed E-state index contributed by atoms with van der Waals surface area (Å²) < 4.78 is 50.9. The van der Waals surface area contributed by atoms with Gasteiger partial charge in [0.15, 0.2) is 23.4 Å². The standard InChI is InChI=1S/C21H25N9O10P2S2/c22-16-9-1-2-30(18(9)26-6-24-16)21(32)5-35-11-4-37-41(33,43)39-14-13(31)10(3-36-42(34,44)40-15(11)21)38-20(14)29-8-28-12-17(23)25-7-27-19(12)29/h1-2,6-8,10-11,13-15,20,31-32H,3-5H2,(H,33,43)(H,34,44)(H2,22,24,26)(H2,23,25,27)/t10-,11-,13-,14-,15-,20-,21+,41?,42?/m1/s1. The second-order valence-corrected chi connectivity index (χ2v) is 15.8. The molecule has 3 aliphatic heterocycles. The first-order valence-electron chi connectivity index (χ1n) is 12.9. The topological polar surface area (TPSA) is 259 Å². The van der Waals surface area contributed by atoms with E-state index in [2.05, 4.69) is 37.2 Å². The molecular formula is C21H25N9O10P2S2. The predicted octanol–water partition coefficient (Wildman–Crippen LogP) is -0.190. The average molecular weight is 690 g/mol. The van der Waals surface area contributed by atoms with Crippen LogP contribution in [0.25, 0.3) is 22.2 Å². The Morgan fingerprint density at radius 1 is 1.05 bits per heavy atom. The molecule has 3 aliphatic rings. The number of imidazole rings is 1.